The lowest BCUT2D eigenvalue weighted by Gasteiger charge is -2.27. The van der Waals surface area contributed by atoms with E-state index in [1.165, 1.54) is 12.1 Å². The number of halogens is 2. The summed E-state index contributed by atoms with van der Waals surface area (Å²) < 4.78 is 14.6. The van der Waals surface area contributed by atoms with E-state index in [9.17, 15) is 9.18 Å². The molecule has 1 aliphatic heterocycles. The average Bonchev–Trinajstić information content (AvgIpc) is 2.85. The van der Waals surface area contributed by atoms with Gasteiger partial charge in [-0.05, 0) is 30.3 Å². The molecule has 2 heterocycles. The lowest BCUT2D eigenvalue weighted by atomic mass is 10.2. The Bertz CT molecular complexity index is 626. The molecule has 7 heteroatoms. The number of rotatable bonds is 2. The van der Waals surface area contributed by atoms with Gasteiger partial charge in [-0.25, -0.2) is 4.39 Å². The molecule has 0 aliphatic carbocycles. The van der Waals surface area contributed by atoms with E-state index in [1.807, 2.05) is 0 Å². The van der Waals surface area contributed by atoms with E-state index >= 15 is 0 Å². The number of hydrogen-bond acceptors (Lipinski definition) is 3. The minimum absolute atomic E-state index is 0. The van der Waals surface area contributed by atoms with E-state index in [4.69, 9.17) is 5.73 Å². The van der Waals surface area contributed by atoms with Crippen molar-refractivity contribution < 1.29 is 9.18 Å². The van der Waals surface area contributed by atoms with Gasteiger partial charge < -0.3 is 10.6 Å². The molecule has 1 amide bonds. The molecule has 1 aliphatic rings. The molecule has 1 aromatic heterocycles. The van der Waals surface area contributed by atoms with Crippen molar-refractivity contribution in [3.63, 3.8) is 0 Å². The van der Waals surface area contributed by atoms with Crippen LogP contribution in [0.4, 0.5) is 10.1 Å². The number of aromatic nitrogens is 2. The Hall–Kier alpha value is -1.92. The van der Waals surface area contributed by atoms with Gasteiger partial charge in [-0.3, -0.25) is 9.48 Å². The highest BCUT2D eigenvalue weighted by molar-refractivity contribution is 6.05. The van der Waals surface area contributed by atoms with Crippen molar-refractivity contribution in [2.75, 3.05) is 11.4 Å². The monoisotopic (exact) mass is 296 g/mol. The second kappa shape index (κ2) is 5.60. The van der Waals surface area contributed by atoms with Gasteiger partial charge in [-0.1, -0.05) is 0 Å². The maximum Gasteiger partial charge on any atom is 0.276 e. The summed E-state index contributed by atoms with van der Waals surface area (Å²) in [6, 6.07) is 7.60. The molecule has 0 radical (unpaired) electrons. The Labute approximate surface area is 121 Å². The second-order valence-corrected chi connectivity index (χ2v) is 4.38. The van der Waals surface area contributed by atoms with Gasteiger partial charge in [0.15, 0.2) is 0 Å². The fraction of sp³-hybridized carbons (Fsp3) is 0.231. The number of carbonyl (C=O) groups is 1. The number of nitrogens with two attached hydrogens (primary N) is 1. The zero-order valence-electron chi connectivity index (χ0n) is 10.6. The normalized spacial score (nSPS) is 13.9. The summed E-state index contributed by atoms with van der Waals surface area (Å²) >= 11 is 0. The quantitative estimate of drug-likeness (QED) is 0.915. The Morgan fingerprint density at radius 2 is 1.95 bits per heavy atom. The van der Waals surface area contributed by atoms with Crippen LogP contribution in [0.1, 0.15) is 16.2 Å². The van der Waals surface area contributed by atoms with Crippen LogP contribution in [-0.4, -0.2) is 22.2 Å². The average molecular weight is 297 g/mol. The van der Waals surface area contributed by atoms with Crippen LogP contribution in [0, 0.1) is 5.82 Å². The molecule has 20 heavy (non-hydrogen) atoms. The molecule has 0 fully saturated rings. The van der Waals surface area contributed by atoms with Gasteiger partial charge in [-0.2, -0.15) is 5.10 Å². The zero-order chi connectivity index (χ0) is 13.4. The van der Waals surface area contributed by atoms with Gasteiger partial charge in [-0.15, -0.1) is 12.4 Å². The van der Waals surface area contributed by atoms with Crippen LogP contribution >= 0.6 is 12.4 Å². The van der Waals surface area contributed by atoms with Gasteiger partial charge in [0.25, 0.3) is 5.91 Å². The van der Waals surface area contributed by atoms with E-state index in [1.54, 1.807) is 27.8 Å². The summed E-state index contributed by atoms with van der Waals surface area (Å²) in [5, 5.41) is 4.25. The highest BCUT2D eigenvalue weighted by atomic mass is 35.5. The molecule has 0 saturated carbocycles. The Morgan fingerprint density at radius 1 is 1.25 bits per heavy atom. The number of hydrogen-bond donors (Lipinski definition) is 1. The first-order chi connectivity index (χ1) is 9.19. The maximum atomic E-state index is 12.9. The molecule has 0 saturated heterocycles. The predicted octanol–water partition coefficient (Wildman–Crippen LogP) is 1.56. The van der Waals surface area contributed by atoms with Crippen molar-refractivity contribution in [2.45, 2.75) is 13.1 Å². The third-order valence-electron chi connectivity index (χ3n) is 3.18. The molecule has 2 aromatic rings. The van der Waals surface area contributed by atoms with E-state index < -0.39 is 0 Å². The number of nitrogens with zero attached hydrogens (tertiary/aromatic N) is 3. The second-order valence-electron chi connectivity index (χ2n) is 4.38. The molecule has 5 nitrogen and oxygen atoms in total. The van der Waals surface area contributed by atoms with Crippen molar-refractivity contribution in [1.82, 2.24) is 9.78 Å². The van der Waals surface area contributed by atoms with Crippen molar-refractivity contribution in [2.24, 2.45) is 5.73 Å². The first-order valence-electron chi connectivity index (χ1n) is 6.03. The van der Waals surface area contributed by atoms with Crippen LogP contribution < -0.4 is 10.6 Å². The Balaban J connectivity index is 0.00000147. The highest BCUT2D eigenvalue weighted by Crippen LogP contribution is 2.21. The maximum absolute atomic E-state index is 12.9. The Kier molecular flexibility index (Phi) is 4.06. The minimum Gasteiger partial charge on any atom is -0.325 e. The van der Waals surface area contributed by atoms with Crippen molar-refractivity contribution in [1.29, 1.82) is 0 Å². The smallest absolute Gasteiger partial charge is 0.276 e. The van der Waals surface area contributed by atoms with Gasteiger partial charge in [0.1, 0.15) is 11.5 Å². The molecule has 0 bridgehead atoms. The number of benzene rings is 1. The third-order valence-corrected chi connectivity index (χ3v) is 3.18. The predicted molar refractivity (Wildman–Crippen MR) is 75.4 cm³/mol. The van der Waals surface area contributed by atoms with E-state index in [-0.39, 0.29) is 24.1 Å². The molecule has 2 N–H and O–H groups in total. The molecule has 0 spiro atoms. The molecule has 106 valence electrons. The van der Waals surface area contributed by atoms with Gasteiger partial charge >= 0.3 is 0 Å². The van der Waals surface area contributed by atoms with Crippen molar-refractivity contribution in [3.05, 3.63) is 47.5 Å². The molecule has 0 atom stereocenters. The summed E-state index contributed by atoms with van der Waals surface area (Å²) in [5.74, 6) is -0.450. The summed E-state index contributed by atoms with van der Waals surface area (Å²) in [5.41, 5.74) is 7.44. The molecule has 0 unspecified atom stereocenters. The standard InChI is InChI=1S/C13H13FN4O.ClH/c14-9-1-3-11(4-2-9)17-5-6-18-12(13(17)19)7-10(8-15)16-18;/h1-4,7H,5-6,8,15H2;1H. The number of carbonyl (C=O) groups excluding carboxylic acids is 1. The summed E-state index contributed by atoms with van der Waals surface area (Å²) in [4.78, 5) is 14.0. The molecular formula is C13H14ClFN4O. The lowest BCUT2D eigenvalue weighted by molar-refractivity contribution is 0.0962. The largest absolute Gasteiger partial charge is 0.325 e. The van der Waals surface area contributed by atoms with Gasteiger partial charge in [0.2, 0.25) is 0 Å². The first-order valence-corrected chi connectivity index (χ1v) is 6.03. The molecular weight excluding hydrogens is 283 g/mol. The van der Waals surface area contributed by atoms with Crippen LogP contribution in [0.5, 0.6) is 0 Å². The minimum atomic E-state index is -0.316. The zero-order valence-corrected chi connectivity index (χ0v) is 11.4. The van der Waals surface area contributed by atoms with Crippen LogP contribution in [0.25, 0.3) is 0 Å². The fourth-order valence-corrected chi connectivity index (χ4v) is 2.21. The molecule has 3 rings (SSSR count). The Morgan fingerprint density at radius 3 is 2.60 bits per heavy atom. The third kappa shape index (κ3) is 2.39. The number of amides is 1. The summed E-state index contributed by atoms with van der Waals surface area (Å²) in [7, 11) is 0. The number of anilines is 1. The van der Waals surface area contributed by atoms with Crippen LogP contribution in [0.2, 0.25) is 0 Å². The van der Waals surface area contributed by atoms with Crippen LogP contribution in [0.15, 0.2) is 30.3 Å². The van der Waals surface area contributed by atoms with Gasteiger partial charge in [0.05, 0.1) is 12.2 Å². The van der Waals surface area contributed by atoms with Crippen molar-refractivity contribution in [3.8, 4) is 0 Å². The molecule has 1 aromatic carbocycles. The number of fused-ring (bicyclic) bond motifs is 1. The van der Waals surface area contributed by atoms with Crippen LogP contribution in [0.3, 0.4) is 0 Å². The van der Waals surface area contributed by atoms with Gasteiger partial charge in [0, 0.05) is 18.8 Å². The van der Waals surface area contributed by atoms with E-state index in [2.05, 4.69) is 5.10 Å². The first kappa shape index (κ1) is 14.5. The van der Waals surface area contributed by atoms with E-state index in [0.29, 0.717) is 36.7 Å². The van der Waals surface area contributed by atoms with Crippen molar-refractivity contribution >= 4 is 24.0 Å². The fourth-order valence-electron chi connectivity index (χ4n) is 2.21. The topological polar surface area (TPSA) is 64.2 Å². The van der Waals surface area contributed by atoms with Crippen LogP contribution in [-0.2, 0) is 13.1 Å². The SMILES string of the molecule is Cl.NCc1cc2n(n1)CCN(c1ccc(F)cc1)C2=O. The van der Waals surface area contributed by atoms with E-state index in [0.717, 1.165) is 0 Å². The lowest BCUT2D eigenvalue weighted by Crippen LogP contribution is -2.40. The highest BCUT2D eigenvalue weighted by Gasteiger charge is 2.27. The summed E-state index contributed by atoms with van der Waals surface area (Å²) in [6.07, 6.45) is 0. The summed E-state index contributed by atoms with van der Waals surface area (Å²) in [6.45, 7) is 1.44.